The molecule has 44 heavy (non-hydrogen) atoms. The third-order valence-electron chi connectivity index (χ3n) is 8.90. The van der Waals surface area contributed by atoms with Crippen LogP contribution in [0.3, 0.4) is 0 Å². The van der Waals surface area contributed by atoms with E-state index in [4.69, 9.17) is 15.3 Å². The second kappa shape index (κ2) is 42.3. The van der Waals surface area contributed by atoms with Gasteiger partial charge in [-0.05, 0) is 19.4 Å². The van der Waals surface area contributed by atoms with Gasteiger partial charge in [-0.25, -0.2) is 0 Å². The minimum atomic E-state index is -0.655. The topological polar surface area (TPSA) is 81.0 Å². The van der Waals surface area contributed by atoms with Crippen molar-refractivity contribution in [3.8, 4) is 0 Å². The van der Waals surface area contributed by atoms with E-state index in [1.165, 1.54) is 180 Å². The first kappa shape index (κ1) is 45.5. The largest absolute Gasteiger partial charge is 0.481 e. The first-order chi connectivity index (χ1) is 21.6. The van der Waals surface area contributed by atoms with Gasteiger partial charge in [-0.3, -0.25) is 9.69 Å². The Labute approximate surface area is 276 Å². The maximum Gasteiger partial charge on any atom is 0.303 e. The van der Waals surface area contributed by atoms with E-state index in [9.17, 15) is 4.79 Å². The van der Waals surface area contributed by atoms with Crippen molar-refractivity contribution >= 4 is 5.97 Å². The lowest BCUT2D eigenvalue weighted by Crippen LogP contribution is -2.30. The van der Waals surface area contributed by atoms with Gasteiger partial charge in [0.1, 0.15) is 0 Å². The van der Waals surface area contributed by atoms with Crippen LogP contribution in [0, 0.1) is 0 Å². The zero-order valence-corrected chi connectivity index (χ0v) is 30.2. The lowest BCUT2D eigenvalue weighted by atomic mass is 10.0. The third kappa shape index (κ3) is 43.5. The fourth-order valence-corrected chi connectivity index (χ4v) is 5.97. The monoisotopic (exact) mass is 628 g/mol. The number of aliphatic hydroxyl groups excluding tert-OH is 2. The number of unbranched alkanes of at least 4 members (excludes halogenated alkanes) is 28. The number of carboxylic acids is 1. The summed E-state index contributed by atoms with van der Waals surface area (Å²) in [6.07, 6.45) is 41.1. The summed E-state index contributed by atoms with van der Waals surface area (Å²) in [5.41, 5.74) is 0. The maximum atomic E-state index is 10.3. The molecule has 0 spiro atoms. The summed E-state index contributed by atoms with van der Waals surface area (Å²) in [7, 11) is 0. The van der Waals surface area contributed by atoms with Crippen LogP contribution in [0.2, 0.25) is 0 Å². The van der Waals surface area contributed by atoms with Gasteiger partial charge in [-0.2, -0.15) is 0 Å². The number of rotatable bonds is 36. The molecule has 0 aliphatic carbocycles. The molecule has 0 fully saturated rings. The Morgan fingerprint density at radius 3 is 0.886 bits per heavy atom. The Morgan fingerprint density at radius 1 is 0.386 bits per heavy atom. The van der Waals surface area contributed by atoms with Crippen molar-refractivity contribution in [2.75, 3.05) is 32.8 Å². The summed E-state index contributed by atoms with van der Waals surface area (Å²) in [5.74, 6) is -0.655. The normalized spacial score (nSPS) is 11.2. The molecule has 0 bridgehead atoms. The molecule has 0 aromatic heterocycles. The highest BCUT2D eigenvalue weighted by atomic mass is 16.4. The number of carboxylic acid groups (broad SMARTS) is 1. The van der Waals surface area contributed by atoms with E-state index in [2.05, 4.69) is 18.7 Å². The van der Waals surface area contributed by atoms with Crippen LogP contribution < -0.4 is 0 Å². The van der Waals surface area contributed by atoms with E-state index in [1.807, 2.05) is 0 Å². The van der Waals surface area contributed by atoms with Gasteiger partial charge in [0, 0.05) is 19.5 Å². The van der Waals surface area contributed by atoms with E-state index >= 15 is 0 Å². The van der Waals surface area contributed by atoms with E-state index < -0.39 is 5.97 Å². The van der Waals surface area contributed by atoms with Crippen LogP contribution in [0.4, 0.5) is 0 Å². The fraction of sp³-hybridized carbons (Fsp3) is 0.974. The number of hydrogen-bond donors (Lipinski definition) is 3. The lowest BCUT2D eigenvalue weighted by Gasteiger charge is -2.19. The minimum Gasteiger partial charge on any atom is -0.481 e. The molecule has 0 atom stereocenters. The Kier molecular flexibility index (Phi) is 43.8. The van der Waals surface area contributed by atoms with Crippen LogP contribution in [0.5, 0.6) is 0 Å². The van der Waals surface area contributed by atoms with Crippen molar-refractivity contribution < 1.29 is 20.1 Å². The molecule has 0 radical (unpaired) electrons. The van der Waals surface area contributed by atoms with Crippen molar-refractivity contribution in [2.45, 2.75) is 213 Å². The maximum absolute atomic E-state index is 10.3. The molecule has 266 valence electrons. The summed E-state index contributed by atoms with van der Waals surface area (Å²) in [6, 6.07) is 0. The molecule has 0 rings (SSSR count). The second-order valence-corrected chi connectivity index (χ2v) is 13.3. The van der Waals surface area contributed by atoms with Gasteiger partial charge in [0.2, 0.25) is 0 Å². The van der Waals surface area contributed by atoms with E-state index in [-0.39, 0.29) is 13.2 Å². The van der Waals surface area contributed by atoms with Crippen molar-refractivity contribution in [3.63, 3.8) is 0 Å². The van der Waals surface area contributed by atoms with Crippen molar-refractivity contribution in [2.24, 2.45) is 0 Å². The molecule has 5 nitrogen and oxygen atoms in total. The molecule has 0 saturated heterocycles. The number of aliphatic hydroxyl groups is 2. The molecule has 0 saturated carbocycles. The van der Waals surface area contributed by atoms with Crippen LogP contribution in [0.15, 0.2) is 0 Å². The summed E-state index contributed by atoms with van der Waals surface area (Å²) >= 11 is 0. The van der Waals surface area contributed by atoms with Crippen LogP contribution in [0.1, 0.15) is 213 Å². The molecule has 0 aromatic carbocycles. The zero-order chi connectivity index (χ0) is 32.6. The SMILES string of the molecule is CCCCCCCCCCCCCCCC(=O)O.CCCCCCCCCCCCCCCCCCCN(CCO)CCO. The molecule has 0 aliphatic rings. The van der Waals surface area contributed by atoms with E-state index in [1.54, 1.807) is 0 Å². The molecule has 5 heteroatoms. The highest BCUT2D eigenvalue weighted by Crippen LogP contribution is 2.15. The van der Waals surface area contributed by atoms with Crippen LogP contribution >= 0.6 is 0 Å². The average Bonchev–Trinajstić information content (AvgIpc) is 3.01. The fourth-order valence-electron chi connectivity index (χ4n) is 5.97. The minimum absolute atomic E-state index is 0.193. The predicted molar refractivity (Wildman–Crippen MR) is 193 cm³/mol. The first-order valence-corrected chi connectivity index (χ1v) is 19.8. The van der Waals surface area contributed by atoms with Crippen molar-refractivity contribution in [1.82, 2.24) is 4.90 Å². The Bertz CT molecular complexity index is 510. The number of hydrogen-bond acceptors (Lipinski definition) is 4. The molecular weight excluding hydrogens is 546 g/mol. The highest BCUT2D eigenvalue weighted by Gasteiger charge is 2.03. The molecule has 3 N–H and O–H groups in total. The second-order valence-electron chi connectivity index (χ2n) is 13.3. The quantitative estimate of drug-likeness (QED) is 0.0602. The molecular formula is C39H81NO4. The molecule has 0 aromatic rings. The van der Waals surface area contributed by atoms with Gasteiger partial charge in [-0.15, -0.1) is 0 Å². The average molecular weight is 628 g/mol. The van der Waals surface area contributed by atoms with E-state index in [0.717, 1.165) is 19.4 Å². The molecule has 0 unspecified atom stereocenters. The summed E-state index contributed by atoms with van der Waals surface area (Å²) in [5, 5.41) is 26.5. The van der Waals surface area contributed by atoms with Gasteiger partial charge in [0.15, 0.2) is 0 Å². The third-order valence-corrected chi connectivity index (χ3v) is 8.90. The Morgan fingerprint density at radius 2 is 0.636 bits per heavy atom. The Hall–Kier alpha value is -0.650. The number of aliphatic carboxylic acids is 1. The van der Waals surface area contributed by atoms with Crippen LogP contribution in [-0.2, 0) is 4.79 Å². The predicted octanol–water partition coefficient (Wildman–Crippen LogP) is 11.5. The molecule has 0 amide bonds. The number of carbonyl (C=O) groups is 1. The van der Waals surface area contributed by atoms with Gasteiger partial charge >= 0.3 is 5.97 Å². The zero-order valence-electron chi connectivity index (χ0n) is 30.2. The van der Waals surface area contributed by atoms with Crippen molar-refractivity contribution in [1.29, 1.82) is 0 Å². The Balaban J connectivity index is 0. The van der Waals surface area contributed by atoms with Crippen LogP contribution in [-0.4, -0.2) is 59.0 Å². The van der Waals surface area contributed by atoms with Crippen LogP contribution in [0.25, 0.3) is 0 Å². The van der Waals surface area contributed by atoms with Gasteiger partial charge in [0.05, 0.1) is 13.2 Å². The van der Waals surface area contributed by atoms with Crippen molar-refractivity contribution in [3.05, 3.63) is 0 Å². The smallest absolute Gasteiger partial charge is 0.303 e. The molecule has 0 heterocycles. The van der Waals surface area contributed by atoms with Gasteiger partial charge < -0.3 is 15.3 Å². The summed E-state index contributed by atoms with van der Waals surface area (Å²) < 4.78 is 0. The van der Waals surface area contributed by atoms with Gasteiger partial charge in [0.25, 0.3) is 0 Å². The summed E-state index contributed by atoms with van der Waals surface area (Å²) in [6.45, 7) is 7.33. The summed E-state index contributed by atoms with van der Waals surface area (Å²) in [4.78, 5) is 12.5. The highest BCUT2D eigenvalue weighted by molar-refractivity contribution is 5.66. The van der Waals surface area contributed by atoms with E-state index in [0.29, 0.717) is 19.5 Å². The first-order valence-electron chi connectivity index (χ1n) is 19.8. The standard InChI is InChI=1S/C23H49NO2.C16H32O2/c1-2-3-4-5-6-7-8-9-10-11-12-13-14-15-16-17-18-19-24(20-22-25)21-23-26;1-2-3-4-5-6-7-8-9-10-11-12-13-14-15-16(17)18/h25-26H,2-23H2,1H3;2-15H2,1H3,(H,17,18). The lowest BCUT2D eigenvalue weighted by molar-refractivity contribution is -0.137. The van der Waals surface area contributed by atoms with Gasteiger partial charge in [-0.1, -0.05) is 194 Å². The molecule has 0 aliphatic heterocycles. The number of nitrogens with zero attached hydrogens (tertiary/aromatic N) is 1.